The smallest absolute Gasteiger partial charge is 0.263 e. The Labute approximate surface area is 258 Å². The summed E-state index contributed by atoms with van der Waals surface area (Å²) in [5, 5.41) is 35.9. The van der Waals surface area contributed by atoms with Crippen molar-refractivity contribution in [2.45, 2.75) is 58.5 Å². The zero-order chi connectivity index (χ0) is 31.9. The predicted molar refractivity (Wildman–Crippen MR) is 164 cm³/mol. The third kappa shape index (κ3) is 5.55. The highest BCUT2D eigenvalue weighted by Crippen LogP contribution is 2.48. The molecule has 0 bridgehead atoms. The number of aromatic nitrogens is 5. The second-order valence-corrected chi connectivity index (χ2v) is 12.6. The van der Waals surface area contributed by atoms with E-state index in [1.165, 1.54) is 17.3 Å². The molecular formula is C33H31F2N9O. The number of halogens is 2. The fraction of sp³-hybridized carbons (Fsp3) is 0.333. The third-order valence-electron chi connectivity index (χ3n) is 8.13. The molecule has 1 saturated carbocycles. The molecule has 0 radical (unpaired) electrons. The standard InChI is InChI=1S/C33H31F2N9O/c1-19-22(27-15-38-18-45-27)6-5-7-23(19)30(26-16-44(43-42-26)33(8-9-33)31(34)35)41-25-11-20(12-36)10-24-28(40-17-32(2,3)4)21(13-37)14-39-29(24)25/h5-7,10-11,14-16,18,30-31,41H,8-9,17H2,1-4H3,(H,39,40)/t30-/m0/s1. The van der Waals surface area contributed by atoms with E-state index in [4.69, 9.17) is 4.42 Å². The van der Waals surface area contributed by atoms with Gasteiger partial charge in [0.25, 0.3) is 6.43 Å². The average molecular weight is 608 g/mol. The van der Waals surface area contributed by atoms with E-state index in [2.05, 4.69) is 63.8 Å². The summed E-state index contributed by atoms with van der Waals surface area (Å²) in [5.41, 5.74) is 3.72. The van der Waals surface area contributed by atoms with Crippen molar-refractivity contribution in [3.8, 4) is 23.5 Å². The highest BCUT2D eigenvalue weighted by Gasteiger charge is 2.54. The van der Waals surface area contributed by atoms with E-state index in [9.17, 15) is 19.3 Å². The Kier molecular flexibility index (Phi) is 7.45. The number of pyridine rings is 1. The molecule has 0 amide bonds. The number of nitrogens with one attached hydrogen (secondary N) is 2. The molecule has 0 saturated heterocycles. The molecule has 1 fully saturated rings. The number of fused-ring (bicyclic) bond motifs is 1. The first-order chi connectivity index (χ1) is 21.5. The van der Waals surface area contributed by atoms with Crippen molar-refractivity contribution < 1.29 is 13.2 Å². The van der Waals surface area contributed by atoms with Gasteiger partial charge in [-0.05, 0) is 48.4 Å². The Balaban J connectivity index is 1.52. The maximum Gasteiger partial charge on any atom is 0.263 e. The highest BCUT2D eigenvalue weighted by molar-refractivity contribution is 6.01. The molecule has 3 heterocycles. The zero-order valence-corrected chi connectivity index (χ0v) is 25.3. The van der Waals surface area contributed by atoms with Crippen LogP contribution in [0.2, 0.25) is 0 Å². The normalized spacial score (nSPS) is 14.6. The lowest BCUT2D eigenvalue weighted by molar-refractivity contribution is 0.0593. The van der Waals surface area contributed by atoms with Crippen molar-refractivity contribution in [3.05, 3.63) is 83.3 Å². The molecule has 6 rings (SSSR count). The van der Waals surface area contributed by atoms with Gasteiger partial charge in [-0.2, -0.15) is 10.5 Å². The third-order valence-corrected chi connectivity index (χ3v) is 8.13. The fourth-order valence-electron chi connectivity index (χ4n) is 5.46. The van der Waals surface area contributed by atoms with E-state index in [1.54, 1.807) is 24.5 Å². The summed E-state index contributed by atoms with van der Waals surface area (Å²) >= 11 is 0. The Hall–Kier alpha value is -5.36. The first-order valence-electron chi connectivity index (χ1n) is 14.5. The van der Waals surface area contributed by atoms with Crippen LogP contribution in [0.4, 0.5) is 20.2 Å². The van der Waals surface area contributed by atoms with Gasteiger partial charge in [-0.1, -0.05) is 44.2 Å². The van der Waals surface area contributed by atoms with Gasteiger partial charge in [0.2, 0.25) is 0 Å². The minimum atomic E-state index is -2.58. The topological polar surface area (TPSA) is 141 Å². The van der Waals surface area contributed by atoms with Gasteiger partial charge < -0.3 is 15.1 Å². The number of alkyl halides is 2. The quantitative estimate of drug-likeness (QED) is 0.182. The fourth-order valence-corrected chi connectivity index (χ4v) is 5.46. The molecule has 1 atom stereocenters. The molecule has 228 valence electrons. The highest BCUT2D eigenvalue weighted by atomic mass is 19.3. The summed E-state index contributed by atoms with van der Waals surface area (Å²) in [4.78, 5) is 8.69. The summed E-state index contributed by atoms with van der Waals surface area (Å²) in [6.07, 6.45) is 4.09. The minimum Gasteiger partial charge on any atom is -0.444 e. The maximum atomic E-state index is 14.0. The SMILES string of the molecule is Cc1c(-c2cnco2)cccc1[C@H](Nc1cc(C#N)cc2c(NCC(C)(C)C)c(C#N)cnc12)c1cn(C2(C(F)F)CC2)nn1. The Morgan fingerprint density at radius 3 is 2.58 bits per heavy atom. The minimum absolute atomic E-state index is 0.0869. The van der Waals surface area contributed by atoms with Gasteiger partial charge in [-0.15, -0.1) is 5.10 Å². The number of hydrogen-bond acceptors (Lipinski definition) is 9. The molecule has 0 aliphatic heterocycles. The molecule has 45 heavy (non-hydrogen) atoms. The predicted octanol–water partition coefficient (Wildman–Crippen LogP) is 6.95. The summed E-state index contributed by atoms with van der Waals surface area (Å²) in [7, 11) is 0. The van der Waals surface area contributed by atoms with Crippen molar-refractivity contribution >= 4 is 22.3 Å². The lowest BCUT2D eigenvalue weighted by atomic mass is 9.93. The molecule has 0 unspecified atom stereocenters. The van der Waals surface area contributed by atoms with Crippen LogP contribution in [0.1, 0.15) is 67.6 Å². The monoisotopic (exact) mass is 607 g/mol. The molecule has 10 nitrogen and oxygen atoms in total. The molecule has 1 aliphatic rings. The van der Waals surface area contributed by atoms with E-state index >= 15 is 0 Å². The van der Waals surface area contributed by atoms with Gasteiger partial charge in [-0.3, -0.25) is 4.98 Å². The number of anilines is 2. The van der Waals surface area contributed by atoms with Crippen LogP contribution in [0.5, 0.6) is 0 Å². The average Bonchev–Trinajstić information content (AvgIpc) is 3.39. The van der Waals surface area contributed by atoms with Crippen LogP contribution in [0.3, 0.4) is 0 Å². The van der Waals surface area contributed by atoms with Gasteiger partial charge in [0, 0.05) is 23.7 Å². The van der Waals surface area contributed by atoms with Crippen LogP contribution in [0.25, 0.3) is 22.2 Å². The molecule has 1 aliphatic carbocycles. The molecule has 5 aromatic rings. The number of benzene rings is 2. The molecule has 12 heteroatoms. The summed E-state index contributed by atoms with van der Waals surface area (Å²) < 4.78 is 34.9. The Bertz CT molecular complexity index is 1960. The number of nitriles is 2. The summed E-state index contributed by atoms with van der Waals surface area (Å²) in [5.74, 6) is 0.573. The largest absolute Gasteiger partial charge is 0.444 e. The molecule has 2 aromatic carbocycles. The van der Waals surface area contributed by atoms with Crippen molar-refractivity contribution in [2.75, 3.05) is 17.2 Å². The van der Waals surface area contributed by atoms with Crippen LogP contribution in [0, 0.1) is 35.0 Å². The second kappa shape index (κ2) is 11.3. The van der Waals surface area contributed by atoms with Crippen LogP contribution in [-0.4, -0.2) is 37.9 Å². The molecular weight excluding hydrogens is 576 g/mol. The van der Waals surface area contributed by atoms with E-state index in [-0.39, 0.29) is 5.41 Å². The maximum absolute atomic E-state index is 14.0. The van der Waals surface area contributed by atoms with Crippen molar-refractivity contribution in [2.24, 2.45) is 5.41 Å². The Morgan fingerprint density at radius 2 is 1.93 bits per heavy atom. The van der Waals surface area contributed by atoms with E-state index < -0.39 is 18.0 Å². The van der Waals surface area contributed by atoms with Gasteiger partial charge in [0.15, 0.2) is 12.2 Å². The number of oxazole rings is 1. The van der Waals surface area contributed by atoms with Crippen LogP contribution in [0.15, 0.2) is 59.7 Å². The second-order valence-electron chi connectivity index (χ2n) is 12.6. The van der Waals surface area contributed by atoms with E-state index in [1.807, 2.05) is 25.1 Å². The van der Waals surface area contributed by atoms with Crippen molar-refractivity contribution in [3.63, 3.8) is 0 Å². The van der Waals surface area contributed by atoms with Gasteiger partial charge in [-0.25, -0.2) is 18.4 Å². The lowest BCUT2D eigenvalue weighted by Crippen LogP contribution is -2.26. The van der Waals surface area contributed by atoms with Crippen molar-refractivity contribution in [1.29, 1.82) is 10.5 Å². The zero-order valence-electron chi connectivity index (χ0n) is 25.3. The first kappa shape index (κ1) is 29.7. The molecule has 0 spiro atoms. The summed E-state index contributed by atoms with van der Waals surface area (Å²) in [6.45, 7) is 8.75. The Morgan fingerprint density at radius 1 is 1.13 bits per heavy atom. The van der Waals surface area contributed by atoms with Crippen LogP contribution in [-0.2, 0) is 5.54 Å². The van der Waals surface area contributed by atoms with Crippen molar-refractivity contribution in [1.82, 2.24) is 25.0 Å². The molecule has 3 aromatic heterocycles. The van der Waals surface area contributed by atoms with Gasteiger partial charge in [0.05, 0.1) is 52.5 Å². The number of nitrogens with zero attached hydrogens (tertiary/aromatic N) is 7. The lowest BCUT2D eigenvalue weighted by Gasteiger charge is -2.24. The first-order valence-corrected chi connectivity index (χ1v) is 14.5. The van der Waals surface area contributed by atoms with Gasteiger partial charge in [0.1, 0.15) is 17.3 Å². The van der Waals surface area contributed by atoms with Crippen LogP contribution < -0.4 is 10.6 Å². The number of rotatable bonds is 9. The van der Waals surface area contributed by atoms with E-state index in [0.29, 0.717) is 64.2 Å². The van der Waals surface area contributed by atoms with Gasteiger partial charge >= 0.3 is 0 Å². The molecule has 2 N–H and O–H groups in total. The van der Waals surface area contributed by atoms with Crippen LogP contribution >= 0.6 is 0 Å². The number of hydrogen-bond donors (Lipinski definition) is 2. The summed E-state index contributed by atoms with van der Waals surface area (Å²) in [6, 6.07) is 12.8. The van der Waals surface area contributed by atoms with E-state index in [0.717, 1.165) is 16.7 Å².